The van der Waals surface area contributed by atoms with Crippen molar-refractivity contribution in [3.05, 3.63) is 34.9 Å². The highest BCUT2D eigenvalue weighted by Gasteiger charge is 2.33. The number of imide groups is 1. The molecule has 0 spiro atoms. The number of ether oxygens (including phenoxy) is 1. The van der Waals surface area contributed by atoms with Crippen LogP contribution in [0.3, 0.4) is 0 Å². The van der Waals surface area contributed by atoms with Gasteiger partial charge in [-0.25, -0.2) is 9.69 Å². The molecule has 0 N–H and O–H groups in total. The van der Waals surface area contributed by atoms with E-state index in [1.807, 2.05) is 19.1 Å². The van der Waals surface area contributed by atoms with Crippen molar-refractivity contribution in [1.29, 1.82) is 0 Å². The average molecular weight is 282 g/mol. The van der Waals surface area contributed by atoms with Crippen LogP contribution in [-0.2, 0) is 9.53 Å². The molecule has 4 nitrogen and oxygen atoms in total. The van der Waals surface area contributed by atoms with Crippen molar-refractivity contribution in [2.24, 2.45) is 0 Å². The summed E-state index contributed by atoms with van der Waals surface area (Å²) < 4.78 is 4.81. The summed E-state index contributed by atoms with van der Waals surface area (Å²) in [6, 6.07) is 7.23. The molecule has 102 valence electrons. The minimum absolute atomic E-state index is 0.202. The summed E-state index contributed by atoms with van der Waals surface area (Å²) in [5.74, 6) is -0.541. The number of hydrogen-bond acceptors (Lipinski definition) is 3. The molecule has 5 heteroatoms. The van der Waals surface area contributed by atoms with Gasteiger partial charge < -0.3 is 4.74 Å². The molecule has 19 heavy (non-hydrogen) atoms. The summed E-state index contributed by atoms with van der Waals surface area (Å²) in [5.41, 5.74) is 0.846. The predicted molar refractivity (Wildman–Crippen MR) is 72.2 cm³/mol. The summed E-state index contributed by atoms with van der Waals surface area (Å²) in [7, 11) is 0. The van der Waals surface area contributed by atoms with Gasteiger partial charge in [-0.1, -0.05) is 37.1 Å². The molecule has 1 aromatic carbocycles. The van der Waals surface area contributed by atoms with Gasteiger partial charge in [0, 0.05) is 5.02 Å². The predicted octanol–water partition coefficient (Wildman–Crippen LogP) is 3.20. The molecular formula is C14H16ClNO3. The van der Waals surface area contributed by atoms with Gasteiger partial charge in [0.1, 0.15) is 6.61 Å². The normalized spacial score (nSPS) is 16.3. The molecule has 1 unspecified atom stereocenters. The Morgan fingerprint density at radius 1 is 1.53 bits per heavy atom. The Morgan fingerprint density at radius 3 is 2.89 bits per heavy atom. The second kappa shape index (κ2) is 6.06. The molecule has 1 aliphatic heterocycles. The number of benzene rings is 1. The molecule has 1 aromatic rings. The average Bonchev–Trinajstić information content (AvgIpc) is 2.81. The maximum Gasteiger partial charge on any atom is 0.416 e. The number of hydrogen-bond donors (Lipinski definition) is 0. The van der Waals surface area contributed by atoms with Gasteiger partial charge in [-0.15, -0.1) is 0 Å². The molecule has 0 radical (unpaired) electrons. The molecule has 2 amide bonds. The first kappa shape index (κ1) is 13.9. The lowest BCUT2D eigenvalue weighted by Crippen LogP contribution is -2.35. The van der Waals surface area contributed by atoms with Gasteiger partial charge >= 0.3 is 6.09 Å². The number of amides is 2. The van der Waals surface area contributed by atoms with E-state index in [1.165, 1.54) is 4.90 Å². The van der Waals surface area contributed by atoms with Crippen molar-refractivity contribution in [1.82, 2.24) is 4.90 Å². The highest BCUT2D eigenvalue weighted by molar-refractivity contribution is 6.30. The minimum Gasteiger partial charge on any atom is -0.447 e. The van der Waals surface area contributed by atoms with Crippen molar-refractivity contribution in [3.8, 4) is 0 Å². The molecule has 1 atom stereocenters. The number of carbonyl (C=O) groups is 2. The first-order valence-electron chi connectivity index (χ1n) is 6.37. The van der Waals surface area contributed by atoms with Crippen LogP contribution in [0.1, 0.15) is 31.2 Å². The molecule has 0 aliphatic carbocycles. The molecule has 1 saturated heterocycles. The molecule has 1 fully saturated rings. The Hall–Kier alpha value is -1.55. The van der Waals surface area contributed by atoms with E-state index >= 15 is 0 Å². The third kappa shape index (κ3) is 3.07. The molecule has 0 bridgehead atoms. The van der Waals surface area contributed by atoms with Crippen LogP contribution in [0.2, 0.25) is 5.02 Å². The summed E-state index contributed by atoms with van der Waals surface area (Å²) in [5, 5.41) is 0.593. The van der Waals surface area contributed by atoms with E-state index in [1.54, 1.807) is 12.1 Å². The number of rotatable bonds is 4. The van der Waals surface area contributed by atoms with E-state index in [0.29, 0.717) is 18.0 Å². The smallest absolute Gasteiger partial charge is 0.416 e. The van der Waals surface area contributed by atoms with Crippen LogP contribution in [0.5, 0.6) is 0 Å². The van der Waals surface area contributed by atoms with Crippen LogP contribution >= 0.6 is 11.6 Å². The van der Waals surface area contributed by atoms with Gasteiger partial charge in [-0.3, -0.25) is 4.79 Å². The zero-order valence-electron chi connectivity index (χ0n) is 10.8. The molecule has 1 aliphatic rings. The molecule has 1 heterocycles. The Balaban J connectivity index is 2.24. The highest BCUT2D eigenvalue weighted by Crippen LogP contribution is 2.27. The quantitative estimate of drug-likeness (QED) is 0.851. The Kier molecular flexibility index (Phi) is 4.43. The van der Waals surface area contributed by atoms with E-state index < -0.39 is 6.09 Å². The van der Waals surface area contributed by atoms with Crippen LogP contribution in [-0.4, -0.2) is 30.1 Å². The SMILES string of the molecule is CCCC(C(=O)N1CCOC1=O)c1cccc(Cl)c1. The van der Waals surface area contributed by atoms with Gasteiger partial charge in [0.15, 0.2) is 0 Å². The maximum absolute atomic E-state index is 12.4. The molecular weight excluding hydrogens is 266 g/mol. The third-order valence-electron chi connectivity index (χ3n) is 3.15. The van der Waals surface area contributed by atoms with Crippen molar-refractivity contribution in [2.75, 3.05) is 13.2 Å². The zero-order chi connectivity index (χ0) is 13.8. The van der Waals surface area contributed by atoms with Crippen molar-refractivity contribution in [2.45, 2.75) is 25.7 Å². The minimum atomic E-state index is -0.548. The maximum atomic E-state index is 12.4. The van der Waals surface area contributed by atoms with Gasteiger partial charge in [0.2, 0.25) is 5.91 Å². The van der Waals surface area contributed by atoms with Crippen LogP contribution < -0.4 is 0 Å². The van der Waals surface area contributed by atoms with Crippen molar-refractivity contribution in [3.63, 3.8) is 0 Å². The Bertz CT molecular complexity index is 489. The van der Waals surface area contributed by atoms with Crippen LogP contribution in [0.4, 0.5) is 4.79 Å². The summed E-state index contributed by atoms with van der Waals surface area (Å²) >= 11 is 5.97. The summed E-state index contributed by atoms with van der Waals surface area (Å²) in [6.45, 7) is 2.62. The number of carbonyl (C=O) groups excluding carboxylic acids is 2. The van der Waals surface area contributed by atoms with Gasteiger partial charge in [0.25, 0.3) is 0 Å². The molecule has 2 rings (SSSR count). The first-order chi connectivity index (χ1) is 9.13. The largest absolute Gasteiger partial charge is 0.447 e. The van der Waals surface area contributed by atoms with Gasteiger partial charge in [-0.05, 0) is 24.1 Å². The van der Waals surface area contributed by atoms with Gasteiger partial charge in [-0.2, -0.15) is 0 Å². The fourth-order valence-electron chi connectivity index (χ4n) is 2.23. The zero-order valence-corrected chi connectivity index (χ0v) is 11.5. The van der Waals surface area contributed by atoms with Crippen LogP contribution in [0.25, 0.3) is 0 Å². The van der Waals surface area contributed by atoms with Crippen LogP contribution in [0.15, 0.2) is 24.3 Å². The Morgan fingerprint density at radius 2 is 2.32 bits per heavy atom. The fourth-order valence-corrected chi connectivity index (χ4v) is 2.43. The lowest BCUT2D eigenvalue weighted by Gasteiger charge is -2.20. The topological polar surface area (TPSA) is 46.6 Å². The standard InChI is InChI=1S/C14H16ClNO3/c1-2-4-12(10-5-3-6-11(15)9-10)13(17)16-7-8-19-14(16)18/h3,5-6,9,12H,2,4,7-8H2,1H3. The van der Waals surface area contributed by atoms with Crippen molar-refractivity contribution >= 4 is 23.6 Å². The number of halogens is 1. The van der Waals surface area contributed by atoms with E-state index in [4.69, 9.17) is 16.3 Å². The third-order valence-corrected chi connectivity index (χ3v) is 3.39. The Labute approximate surface area is 117 Å². The first-order valence-corrected chi connectivity index (χ1v) is 6.75. The van der Waals surface area contributed by atoms with E-state index in [9.17, 15) is 9.59 Å². The van der Waals surface area contributed by atoms with E-state index in [0.717, 1.165) is 12.0 Å². The fraction of sp³-hybridized carbons (Fsp3) is 0.429. The lowest BCUT2D eigenvalue weighted by molar-refractivity contribution is -0.129. The highest BCUT2D eigenvalue weighted by atomic mass is 35.5. The summed E-state index contributed by atoms with van der Waals surface area (Å²) in [6.07, 6.45) is 0.988. The van der Waals surface area contributed by atoms with Crippen molar-refractivity contribution < 1.29 is 14.3 Å². The van der Waals surface area contributed by atoms with E-state index in [2.05, 4.69) is 0 Å². The van der Waals surface area contributed by atoms with E-state index in [-0.39, 0.29) is 18.4 Å². The lowest BCUT2D eigenvalue weighted by atomic mass is 9.93. The number of nitrogens with zero attached hydrogens (tertiary/aromatic N) is 1. The second-order valence-corrected chi connectivity index (χ2v) is 4.94. The monoisotopic (exact) mass is 281 g/mol. The number of cyclic esters (lactones) is 1. The molecule has 0 aromatic heterocycles. The molecule has 0 saturated carbocycles. The second-order valence-electron chi connectivity index (χ2n) is 4.50. The van der Waals surface area contributed by atoms with Gasteiger partial charge in [0.05, 0.1) is 12.5 Å². The van der Waals surface area contributed by atoms with Crippen LogP contribution in [0, 0.1) is 0 Å². The summed E-state index contributed by atoms with van der Waals surface area (Å²) in [4.78, 5) is 25.1.